The summed E-state index contributed by atoms with van der Waals surface area (Å²) >= 11 is 0. The number of hydrogen-bond donors (Lipinski definition) is 3. The van der Waals surface area contributed by atoms with E-state index in [0.29, 0.717) is 28.7 Å². The van der Waals surface area contributed by atoms with Crippen molar-refractivity contribution in [3.63, 3.8) is 0 Å². The van der Waals surface area contributed by atoms with E-state index in [1.165, 1.54) is 13.4 Å². The van der Waals surface area contributed by atoms with Gasteiger partial charge in [-0.1, -0.05) is 6.07 Å². The third kappa shape index (κ3) is 2.99. The Bertz CT molecular complexity index is 1050. The summed E-state index contributed by atoms with van der Waals surface area (Å²) in [5.74, 6) is 0.521. The molecule has 1 saturated carbocycles. The molecule has 8 nitrogen and oxygen atoms in total. The first kappa shape index (κ1) is 17.0. The van der Waals surface area contributed by atoms with Crippen molar-refractivity contribution in [2.24, 2.45) is 0 Å². The number of methoxy groups -OCH3 is 1. The molecule has 0 amide bonds. The van der Waals surface area contributed by atoms with Gasteiger partial charge in [0.2, 0.25) is 0 Å². The SMILES string of the molecule is COC(=O)c1ccc2cc(C(=N)c3c(N)ncnc3N(C)C3CC3)[nH]c2c1. The lowest BCUT2D eigenvalue weighted by Gasteiger charge is -2.21. The van der Waals surface area contributed by atoms with Crippen LogP contribution in [0.5, 0.6) is 0 Å². The number of aromatic amines is 1. The Hall–Kier alpha value is -3.42. The van der Waals surface area contributed by atoms with Crippen molar-refractivity contribution < 1.29 is 9.53 Å². The van der Waals surface area contributed by atoms with Crippen LogP contribution in [-0.2, 0) is 4.74 Å². The second-order valence-corrected chi connectivity index (χ2v) is 6.65. The second kappa shape index (κ2) is 6.39. The molecule has 1 aliphatic rings. The van der Waals surface area contributed by atoms with Crippen LogP contribution in [0.15, 0.2) is 30.6 Å². The number of ether oxygens (including phenoxy) is 1. The highest BCUT2D eigenvalue weighted by Gasteiger charge is 2.30. The Morgan fingerprint density at radius 1 is 1.33 bits per heavy atom. The number of anilines is 2. The number of nitrogens with two attached hydrogens (primary N) is 1. The van der Waals surface area contributed by atoms with Crippen LogP contribution in [-0.4, -0.2) is 46.8 Å². The number of nitrogens with one attached hydrogen (secondary N) is 2. The highest BCUT2D eigenvalue weighted by atomic mass is 16.5. The summed E-state index contributed by atoms with van der Waals surface area (Å²) in [5.41, 5.74) is 8.59. The largest absolute Gasteiger partial charge is 0.465 e. The first-order chi connectivity index (χ1) is 13.0. The molecular weight excluding hydrogens is 344 g/mol. The molecule has 0 saturated heterocycles. The van der Waals surface area contributed by atoms with Crippen LogP contribution in [0.4, 0.5) is 11.6 Å². The lowest BCUT2D eigenvalue weighted by molar-refractivity contribution is 0.0601. The van der Waals surface area contributed by atoms with Crippen molar-refractivity contribution in [1.82, 2.24) is 15.0 Å². The fraction of sp³-hybridized carbons (Fsp3) is 0.263. The lowest BCUT2D eigenvalue weighted by atomic mass is 10.1. The topological polar surface area (TPSA) is 121 Å². The predicted molar refractivity (Wildman–Crippen MR) is 103 cm³/mol. The van der Waals surface area contributed by atoms with E-state index in [1.807, 2.05) is 19.2 Å². The molecule has 0 bridgehead atoms. The second-order valence-electron chi connectivity index (χ2n) is 6.65. The maximum absolute atomic E-state index is 11.7. The monoisotopic (exact) mass is 364 g/mol. The molecule has 8 heteroatoms. The fourth-order valence-corrected chi connectivity index (χ4v) is 3.17. The highest BCUT2D eigenvalue weighted by Crippen LogP contribution is 2.33. The molecule has 0 spiro atoms. The molecule has 2 aromatic heterocycles. The summed E-state index contributed by atoms with van der Waals surface area (Å²) in [7, 11) is 3.31. The summed E-state index contributed by atoms with van der Waals surface area (Å²) in [6, 6.07) is 7.50. The van der Waals surface area contributed by atoms with Crippen molar-refractivity contribution in [2.45, 2.75) is 18.9 Å². The number of rotatable bonds is 5. The highest BCUT2D eigenvalue weighted by molar-refractivity contribution is 6.17. The average molecular weight is 364 g/mol. The van der Waals surface area contributed by atoms with E-state index in [4.69, 9.17) is 15.9 Å². The normalized spacial score (nSPS) is 13.6. The molecule has 4 N–H and O–H groups in total. The summed E-state index contributed by atoms with van der Waals surface area (Å²) in [6.45, 7) is 0. The number of carbonyl (C=O) groups is 1. The van der Waals surface area contributed by atoms with Gasteiger partial charge >= 0.3 is 5.97 Å². The van der Waals surface area contributed by atoms with Gasteiger partial charge in [-0.05, 0) is 31.0 Å². The zero-order chi connectivity index (χ0) is 19.1. The van der Waals surface area contributed by atoms with Crippen LogP contribution in [0.1, 0.15) is 34.5 Å². The van der Waals surface area contributed by atoms with Crippen LogP contribution >= 0.6 is 0 Å². The predicted octanol–water partition coefficient (Wildman–Crippen LogP) is 2.34. The molecular formula is C19H20N6O2. The van der Waals surface area contributed by atoms with E-state index in [1.54, 1.807) is 12.1 Å². The molecule has 0 radical (unpaired) electrons. The van der Waals surface area contributed by atoms with Gasteiger partial charge in [-0.25, -0.2) is 14.8 Å². The van der Waals surface area contributed by atoms with Gasteiger partial charge in [0.1, 0.15) is 18.0 Å². The molecule has 3 aromatic rings. The van der Waals surface area contributed by atoms with Gasteiger partial charge in [0.15, 0.2) is 0 Å². The zero-order valence-corrected chi connectivity index (χ0v) is 15.1. The van der Waals surface area contributed by atoms with E-state index in [0.717, 1.165) is 23.7 Å². The third-order valence-corrected chi connectivity index (χ3v) is 4.85. The van der Waals surface area contributed by atoms with Crippen LogP contribution in [0.2, 0.25) is 0 Å². The van der Waals surface area contributed by atoms with E-state index in [2.05, 4.69) is 19.9 Å². The van der Waals surface area contributed by atoms with Crippen molar-refractivity contribution >= 4 is 34.2 Å². The van der Waals surface area contributed by atoms with Crippen molar-refractivity contribution in [3.8, 4) is 0 Å². The third-order valence-electron chi connectivity index (χ3n) is 4.85. The molecule has 1 aliphatic carbocycles. The van der Waals surface area contributed by atoms with Crippen LogP contribution < -0.4 is 10.6 Å². The van der Waals surface area contributed by atoms with E-state index < -0.39 is 5.97 Å². The quantitative estimate of drug-likeness (QED) is 0.472. The van der Waals surface area contributed by atoms with Gasteiger partial charge in [0, 0.05) is 24.0 Å². The number of H-pyrrole nitrogens is 1. The maximum Gasteiger partial charge on any atom is 0.337 e. The first-order valence-corrected chi connectivity index (χ1v) is 8.63. The number of benzene rings is 1. The molecule has 0 unspecified atom stereocenters. The Balaban J connectivity index is 1.76. The first-order valence-electron chi connectivity index (χ1n) is 8.63. The Kier molecular flexibility index (Phi) is 4.02. The minimum absolute atomic E-state index is 0.214. The zero-order valence-electron chi connectivity index (χ0n) is 15.1. The Morgan fingerprint density at radius 2 is 2.11 bits per heavy atom. The number of nitrogen functional groups attached to an aromatic ring is 1. The molecule has 4 rings (SSSR count). The van der Waals surface area contributed by atoms with Gasteiger partial charge in [0.25, 0.3) is 0 Å². The van der Waals surface area contributed by atoms with Crippen LogP contribution in [0.25, 0.3) is 10.9 Å². The molecule has 0 aliphatic heterocycles. The van der Waals surface area contributed by atoms with Gasteiger partial charge in [-0.3, -0.25) is 5.41 Å². The number of fused-ring (bicyclic) bond motifs is 1. The van der Waals surface area contributed by atoms with E-state index >= 15 is 0 Å². The molecule has 0 atom stereocenters. The van der Waals surface area contributed by atoms with Gasteiger partial charge < -0.3 is 20.4 Å². The number of nitrogens with zero attached hydrogens (tertiary/aromatic N) is 3. The smallest absolute Gasteiger partial charge is 0.337 e. The van der Waals surface area contributed by atoms with Crippen LogP contribution in [0.3, 0.4) is 0 Å². The molecule has 138 valence electrons. The summed E-state index contributed by atoms with van der Waals surface area (Å²) < 4.78 is 4.76. The van der Waals surface area contributed by atoms with E-state index in [9.17, 15) is 4.79 Å². The Morgan fingerprint density at radius 3 is 2.81 bits per heavy atom. The number of esters is 1. The maximum atomic E-state index is 11.7. The lowest BCUT2D eigenvalue weighted by Crippen LogP contribution is -2.25. The molecule has 1 fully saturated rings. The number of aromatic nitrogens is 3. The van der Waals surface area contributed by atoms with Crippen LogP contribution in [0, 0.1) is 5.41 Å². The van der Waals surface area contributed by atoms with Gasteiger partial charge in [-0.2, -0.15) is 0 Å². The minimum atomic E-state index is -0.405. The minimum Gasteiger partial charge on any atom is -0.465 e. The average Bonchev–Trinajstić information content (AvgIpc) is 3.44. The van der Waals surface area contributed by atoms with Crippen molar-refractivity contribution in [3.05, 3.63) is 47.4 Å². The summed E-state index contributed by atoms with van der Waals surface area (Å²) in [6.07, 6.45) is 3.64. The molecule has 2 heterocycles. The summed E-state index contributed by atoms with van der Waals surface area (Å²) in [4.78, 5) is 25.4. The van der Waals surface area contributed by atoms with E-state index in [-0.39, 0.29) is 11.5 Å². The fourth-order valence-electron chi connectivity index (χ4n) is 3.17. The standard InChI is InChI=1S/C19H20N6O2/c1-25(12-5-6-12)18-15(17(21)22-9-23-18)16(20)14-7-10-3-4-11(19(26)27-2)8-13(10)24-14/h3-4,7-9,12,20,24H,5-6H2,1-2H3,(H2,21,22,23). The summed E-state index contributed by atoms with van der Waals surface area (Å²) in [5, 5.41) is 9.59. The number of hydrogen-bond acceptors (Lipinski definition) is 7. The van der Waals surface area contributed by atoms with Gasteiger partial charge in [-0.15, -0.1) is 0 Å². The van der Waals surface area contributed by atoms with Crippen molar-refractivity contribution in [2.75, 3.05) is 24.8 Å². The number of carbonyl (C=O) groups excluding carboxylic acids is 1. The van der Waals surface area contributed by atoms with Gasteiger partial charge in [0.05, 0.1) is 29.6 Å². The Labute approximate surface area is 155 Å². The van der Waals surface area contributed by atoms with Crippen molar-refractivity contribution in [1.29, 1.82) is 5.41 Å². The molecule has 1 aromatic carbocycles. The molecule has 27 heavy (non-hydrogen) atoms.